The molecule has 34 heavy (non-hydrogen) atoms. The summed E-state index contributed by atoms with van der Waals surface area (Å²) in [5.74, 6) is -0.737. The van der Waals surface area contributed by atoms with Crippen LogP contribution in [0, 0.1) is 21.4 Å². The number of benzene rings is 3. The highest BCUT2D eigenvalue weighted by Gasteiger charge is 2.21. The van der Waals surface area contributed by atoms with Gasteiger partial charge in [-0.05, 0) is 48.0 Å². The molecule has 1 N–H and O–H groups in total. The van der Waals surface area contributed by atoms with Crippen molar-refractivity contribution in [3.63, 3.8) is 0 Å². The molecule has 0 fully saturated rings. The molecule has 0 unspecified atom stereocenters. The average molecular weight is 479 g/mol. The molecule has 0 atom stereocenters. The van der Waals surface area contributed by atoms with Crippen LogP contribution < -0.4 is 14.2 Å². The molecule has 3 rings (SSSR count). The van der Waals surface area contributed by atoms with E-state index in [-0.39, 0.29) is 27.7 Å². The van der Waals surface area contributed by atoms with Crippen LogP contribution in [0.3, 0.4) is 0 Å². The normalized spacial score (nSPS) is 11.2. The molecular weight excluding hydrogens is 462 g/mol. The molecule has 0 aromatic heterocycles. The molecule has 3 aromatic rings. The number of ether oxygens (including phenoxy) is 1. The van der Waals surface area contributed by atoms with Gasteiger partial charge in [0.2, 0.25) is 0 Å². The van der Waals surface area contributed by atoms with Gasteiger partial charge in [0.05, 0.1) is 12.0 Å². The predicted molar refractivity (Wildman–Crippen MR) is 123 cm³/mol. The highest BCUT2D eigenvalue weighted by molar-refractivity contribution is 7.87. The van der Waals surface area contributed by atoms with E-state index in [1.807, 2.05) is 6.07 Å². The van der Waals surface area contributed by atoms with Crippen molar-refractivity contribution in [1.82, 2.24) is 0 Å². The minimum absolute atomic E-state index is 0.0278. The summed E-state index contributed by atoms with van der Waals surface area (Å²) >= 11 is 0. The molecule has 0 saturated heterocycles. The van der Waals surface area contributed by atoms with Crippen LogP contribution in [0.1, 0.15) is 5.56 Å². The fraction of sp³-hybridized carbons (Fsp3) is 0.0435. The van der Waals surface area contributed by atoms with Gasteiger partial charge in [0.1, 0.15) is 16.5 Å². The van der Waals surface area contributed by atoms with Gasteiger partial charge in [-0.1, -0.05) is 24.3 Å². The summed E-state index contributed by atoms with van der Waals surface area (Å²) in [5.41, 5.74) is 0.457. The van der Waals surface area contributed by atoms with Gasteiger partial charge in [0.25, 0.3) is 11.6 Å². The third-order valence-electron chi connectivity index (χ3n) is 4.43. The Morgan fingerprint density at radius 3 is 2.32 bits per heavy atom. The molecule has 0 aliphatic carbocycles. The SMILES string of the molecule is COc1cc(/C=C(\C#N)C(=O)Nc2ccccc2)ccc1OS(=O)(=O)c1ccc([N+](=O)[O-])cc1. The summed E-state index contributed by atoms with van der Waals surface area (Å²) in [6, 6.07) is 18.8. The number of amides is 1. The van der Waals surface area contributed by atoms with Crippen LogP contribution in [-0.2, 0) is 14.9 Å². The first kappa shape index (κ1) is 24.0. The number of hydrogen-bond acceptors (Lipinski definition) is 8. The molecule has 172 valence electrons. The summed E-state index contributed by atoms with van der Waals surface area (Å²) in [7, 11) is -3.02. The Bertz CT molecular complexity index is 1390. The molecule has 10 nitrogen and oxygen atoms in total. The zero-order chi connectivity index (χ0) is 24.7. The first-order valence-corrected chi connectivity index (χ1v) is 11.0. The molecular formula is C23H17N3O7S. The number of carbonyl (C=O) groups excluding carboxylic acids is 1. The van der Waals surface area contributed by atoms with Gasteiger partial charge in [-0.3, -0.25) is 14.9 Å². The van der Waals surface area contributed by atoms with E-state index >= 15 is 0 Å². The van der Waals surface area contributed by atoms with Crippen LogP contribution in [0.5, 0.6) is 11.5 Å². The van der Waals surface area contributed by atoms with Gasteiger partial charge in [-0.15, -0.1) is 0 Å². The zero-order valence-corrected chi connectivity index (χ0v) is 18.5. The Balaban J connectivity index is 1.83. The number of hydrogen-bond donors (Lipinski definition) is 1. The van der Waals surface area contributed by atoms with Gasteiger partial charge in [-0.25, -0.2) is 0 Å². The van der Waals surface area contributed by atoms with E-state index in [2.05, 4.69) is 5.32 Å². The molecule has 0 heterocycles. The predicted octanol–water partition coefficient (Wildman–Crippen LogP) is 3.92. The van der Waals surface area contributed by atoms with Crippen LogP contribution >= 0.6 is 0 Å². The van der Waals surface area contributed by atoms with Crippen LogP contribution in [0.4, 0.5) is 11.4 Å². The number of non-ortho nitro benzene ring substituents is 1. The highest BCUT2D eigenvalue weighted by Crippen LogP contribution is 2.32. The molecule has 0 radical (unpaired) electrons. The van der Waals surface area contributed by atoms with E-state index in [9.17, 15) is 28.6 Å². The van der Waals surface area contributed by atoms with Gasteiger partial charge >= 0.3 is 10.1 Å². The number of methoxy groups -OCH3 is 1. The maximum Gasteiger partial charge on any atom is 0.339 e. The number of nitro groups is 1. The monoisotopic (exact) mass is 479 g/mol. The van der Waals surface area contributed by atoms with E-state index in [4.69, 9.17) is 8.92 Å². The van der Waals surface area contributed by atoms with E-state index in [1.54, 1.807) is 30.3 Å². The number of carbonyl (C=O) groups is 1. The van der Waals surface area contributed by atoms with Crippen LogP contribution in [-0.4, -0.2) is 26.4 Å². The summed E-state index contributed by atoms with van der Waals surface area (Å²) < 4.78 is 35.5. The number of para-hydroxylation sites is 1. The number of nitro benzene ring substituents is 1. The average Bonchev–Trinajstić information content (AvgIpc) is 2.83. The van der Waals surface area contributed by atoms with Gasteiger partial charge in [-0.2, -0.15) is 13.7 Å². The lowest BCUT2D eigenvalue weighted by molar-refractivity contribution is -0.384. The fourth-order valence-corrected chi connectivity index (χ4v) is 3.72. The highest BCUT2D eigenvalue weighted by atomic mass is 32.2. The lowest BCUT2D eigenvalue weighted by atomic mass is 10.1. The molecule has 11 heteroatoms. The lowest BCUT2D eigenvalue weighted by Gasteiger charge is -2.11. The second-order valence-corrected chi connectivity index (χ2v) is 8.24. The van der Waals surface area contributed by atoms with Crippen molar-refractivity contribution in [2.45, 2.75) is 4.90 Å². The van der Waals surface area contributed by atoms with E-state index in [1.165, 1.54) is 31.4 Å². The third-order valence-corrected chi connectivity index (χ3v) is 5.68. The summed E-state index contributed by atoms with van der Waals surface area (Å²) in [4.78, 5) is 22.2. The Morgan fingerprint density at radius 1 is 1.06 bits per heavy atom. The number of anilines is 1. The van der Waals surface area contributed by atoms with Crippen molar-refractivity contribution in [3.05, 3.63) is 94.0 Å². The number of nitriles is 1. The first-order chi connectivity index (χ1) is 16.2. The second-order valence-electron chi connectivity index (χ2n) is 6.69. The molecule has 0 aliphatic heterocycles. The van der Waals surface area contributed by atoms with E-state index < -0.39 is 20.9 Å². The molecule has 0 aliphatic rings. The minimum atomic E-state index is -4.31. The van der Waals surface area contributed by atoms with Gasteiger partial charge in [0.15, 0.2) is 11.5 Å². The van der Waals surface area contributed by atoms with E-state index in [0.717, 1.165) is 24.3 Å². The van der Waals surface area contributed by atoms with Crippen molar-refractivity contribution in [1.29, 1.82) is 5.26 Å². The molecule has 0 bridgehead atoms. The van der Waals surface area contributed by atoms with Crippen LogP contribution in [0.2, 0.25) is 0 Å². The standard InChI is InChI=1S/C23H17N3O7S/c1-32-22-14-16(13-17(15-24)23(27)25-18-5-3-2-4-6-18)7-12-21(22)33-34(30,31)20-10-8-19(9-11-20)26(28)29/h2-14H,1H3,(H,25,27)/b17-13+. The van der Waals surface area contributed by atoms with Crippen molar-refractivity contribution >= 4 is 33.5 Å². The zero-order valence-electron chi connectivity index (χ0n) is 17.7. The second kappa shape index (κ2) is 10.3. The van der Waals surface area contributed by atoms with Crippen LogP contribution in [0.15, 0.2) is 83.3 Å². The van der Waals surface area contributed by atoms with Crippen molar-refractivity contribution in [3.8, 4) is 17.6 Å². The number of nitrogens with zero attached hydrogens (tertiary/aromatic N) is 2. The summed E-state index contributed by atoms with van der Waals surface area (Å²) in [5, 5.41) is 22.8. The molecule has 1 amide bonds. The summed E-state index contributed by atoms with van der Waals surface area (Å²) in [6.07, 6.45) is 1.31. The van der Waals surface area contributed by atoms with Gasteiger partial charge < -0.3 is 14.2 Å². The van der Waals surface area contributed by atoms with Crippen LogP contribution in [0.25, 0.3) is 6.08 Å². The number of nitrogens with one attached hydrogen (secondary N) is 1. The Hall–Kier alpha value is -4.69. The van der Waals surface area contributed by atoms with Gasteiger partial charge in [0, 0.05) is 17.8 Å². The Labute approximate surface area is 194 Å². The Morgan fingerprint density at radius 2 is 1.74 bits per heavy atom. The van der Waals surface area contributed by atoms with Crippen molar-refractivity contribution in [2.24, 2.45) is 0 Å². The molecule has 0 saturated carbocycles. The van der Waals surface area contributed by atoms with Crippen molar-refractivity contribution < 1.29 is 27.1 Å². The lowest BCUT2D eigenvalue weighted by Crippen LogP contribution is -2.13. The van der Waals surface area contributed by atoms with E-state index in [0.29, 0.717) is 11.3 Å². The molecule has 3 aromatic carbocycles. The maximum absolute atomic E-state index is 12.6. The first-order valence-electron chi connectivity index (χ1n) is 9.58. The van der Waals surface area contributed by atoms with Crippen molar-refractivity contribution in [2.75, 3.05) is 12.4 Å². The quantitative estimate of drug-likeness (QED) is 0.168. The largest absolute Gasteiger partial charge is 0.493 e. The fourth-order valence-electron chi connectivity index (χ4n) is 2.78. The maximum atomic E-state index is 12.6. The third kappa shape index (κ3) is 5.76. The number of rotatable bonds is 8. The smallest absolute Gasteiger partial charge is 0.339 e. The molecule has 0 spiro atoms. The minimum Gasteiger partial charge on any atom is -0.493 e. The summed E-state index contributed by atoms with van der Waals surface area (Å²) in [6.45, 7) is 0. The topological polar surface area (TPSA) is 149 Å². The Kier molecular flexibility index (Phi) is 7.25.